The average molecular weight is 326 g/mol. The van der Waals surface area contributed by atoms with Crippen LogP contribution in [0.1, 0.15) is 18.2 Å². The molecule has 0 aliphatic heterocycles. The van der Waals surface area contributed by atoms with E-state index in [1.807, 2.05) is 38.1 Å². The molecule has 2 heterocycles. The summed E-state index contributed by atoms with van der Waals surface area (Å²) >= 11 is 0. The maximum absolute atomic E-state index is 11.7. The SMILES string of the molecule is CCOC(=O)Cn1nc(C)cc1-c1nnc(-c2cccc(C)c2)o1. The Labute approximate surface area is 139 Å². The number of ether oxygens (including phenoxy) is 1. The van der Waals surface area contributed by atoms with Crippen LogP contribution in [-0.2, 0) is 16.1 Å². The van der Waals surface area contributed by atoms with Crippen molar-refractivity contribution < 1.29 is 13.9 Å². The number of aryl methyl sites for hydroxylation is 2. The topological polar surface area (TPSA) is 83.0 Å². The number of esters is 1. The van der Waals surface area contributed by atoms with Gasteiger partial charge in [-0.1, -0.05) is 17.7 Å². The van der Waals surface area contributed by atoms with E-state index in [4.69, 9.17) is 9.15 Å². The molecule has 0 saturated carbocycles. The Bertz CT molecular complexity index is 866. The Hall–Kier alpha value is -2.96. The van der Waals surface area contributed by atoms with Crippen LogP contribution in [0.3, 0.4) is 0 Å². The number of carbonyl (C=O) groups is 1. The average Bonchev–Trinajstić information content (AvgIpc) is 3.14. The highest BCUT2D eigenvalue weighted by Gasteiger charge is 2.18. The van der Waals surface area contributed by atoms with Gasteiger partial charge in [-0.15, -0.1) is 10.2 Å². The van der Waals surface area contributed by atoms with Crippen molar-refractivity contribution in [2.24, 2.45) is 0 Å². The highest BCUT2D eigenvalue weighted by atomic mass is 16.5. The van der Waals surface area contributed by atoms with Crippen molar-refractivity contribution in [3.05, 3.63) is 41.6 Å². The monoisotopic (exact) mass is 326 g/mol. The summed E-state index contributed by atoms with van der Waals surface area (Å²) in [4.78, 5) is 11.7. The predicted octanol–water partition coefficient (Wildman–Crippen LogP) is 2.78. The highest BCUT2D eigenvalue weighted by molar-refractivity contribution is 5.70. The number of aromatic nitrogens is 4. The number of benzene rings is 1. The largest absolute Gasteiger partial charge is 0.465 e. The fourth-order valence-electron chi connectivity index (χ4n) is 2.39. The lowest BCUT2D eigenvalue weighted by Gasteiger charge is -2.04. The van der Waals surface area contributed by atoms with Crippen LogP contribution >= 0.6 is 0 Å². The predicted molar refractivity (Wildman–Crippen MR) is 87.1 cm³/mol. The Kier molecular flexibility index (Phi) is 4.41. The van der Waals surface area contributed by atoms with Crippen LogP contribution in [0.2, 0.25) is 0 Å². The second-order valence-corrected chi connectivity index (χ2v) is 5.42. The lowest BCUT2D eigenvalue weighted by Crippen LogP contribution is -2.15. The van der Waals surface area contributed by atoms with E-state index in [2.05, 4.69) is 15.3 Å². The van der Waals surface area contributed by atoms with Crippen molar-refractivity contribution >= 4 is 5.97 Å². The fourth-order valence-corrected chi connectivity index (χ4v) is 2.39. The van der Waals surface area contributed by atoms with Gasteiger partial charge in [0.25, 0.3) is 5.89 Å². The van der Waals surface area contributed by atoms with Crippen LogP contribution in [0.5, 0.6) is 0 Å². The van der Waals surface area contributed by atoms with Crippen LogP contribution in [-0.4, -0.2) is 32.6 Å². The van der Waals surface area contributed by atoms with Crippen LogP contribution in [0, 0.1) is 13.8 Å². The molecule has 0 aliphatic carbocycles. The van der Waals surface area contributed by atoms with E-state index in [9.17, 15) is 4.79 Å². The molecule has 0 saturated heterocycles. The molecule has 7 nitrogen and oxygen atoms in total. The van der Waals surface area contributed by atoms with Gasteiger partial charge in [-0.05, 0) is 39.0 Å². The summed E-state index contributed by atoms with van der Waals surface area (Å²) in [7, 11) is 0. The van der Waals surface area contributed by atoms with Gasteiger partial charge in [0.1, 0.15) is 12.2 Å². The van der Waals surface area contributed by atoms with Crippen molar-refractivity contribution in [3.8, 4) is 23.0 Å². The molecule has 0 spiro atoms. The first-order valence-corrected chi connectivity index (χ1v) is 7.68. The molecule has 7 heteroatoms. The Morgan fingerprint density at radius 3 is 2.75 bits per heavy atom. The first-order chi connectivity index (χ1) is 11.6. The van der Waals surface area contributed by atoms with Crippen molar-refractivity contribution in [2.75, 3.05) is 6.61 Å². The van der Waals surface area contributed by atoms with E-state index >= 15 is 0 Å². The first-order valence-electron chi connectivity index (χ1n) is 7.68. The summed E-state index contributed by atoms with van der Waals surface area (Å²) in [6, 6.07) is 9.61. The molecule has 0 atom stereocenters. The fraction of sp³-hybridized carbons (Fsp3) is 0.294. The molecule has 0 unspecified atom stereocenters. The molecule has 0 amide bonds. The van der Waals surface area contributed by atoms with Crippen molar-refractivity contribution in [2.45, 2.75) is 27.3 Å². The molecular weight excluding hydrogens is 308 g/mol. The maximum Gasteiger partial charge on any atom is 0.327 e. The van der Waals surface area contributed by atoms with Crippen LogP contribution in [0.15, 0.2) is 34.7 Å². The first kappa shape index (κ1) is 15.9. The Morgan fingerprint density at radius 1 is 1.21 bits per heavy atom. The van der Waals surface area contributed by atoms with E-state index < -0.39 is 0 Å². The van der Waals surface area contributed by atoms with Gasteiger partial charge < -0.3 is 9.15 Å². The Morgan fingerprint density at radius 2 is 2.00 bits per heavy atom. The molecule has 2 aromatic heterocycles. The van der Waals surface area contributed by atoms with Crippen LogP contribution in [0.25, 0.3) is 23.0 Å². The molecule has 0 fully saturated rings. The third kappa shape index (κ3) is 3.34. The zero-order chi connectivity index (χ0) is 17.1. The zero-order valence-corrected chi connectivity index (χ0v) is 13.8. The van der Waals surface area contributed by atoms with Crippen molar-refractivity contribution in [1.82, 2.24) is 20.0 Å². The number of carbonyl (C=O) groups excluding carboxylic acids is 1. The van der Waals surface area contributed by atoms with Gasteiger partial charge in [-0.3, -0.25) is 4.79 Å². The molecule has 0 bridgehead atoms. The summed E-state index contributed by atoms with van der Waals surface area (Å²) in [5.41, 5.74) is 3.30. The number of hydrogen-bond acceptors (Lipinski definition) is 6. The second kappa shape index (κ2) is 6.66. The van der Waals surface area contributed by atoms with Crippen LogP contribution < -0.4 is 0 Å². The lowest BCUT2D eigenvalue weighted by atomic mass is 10.1. The summed E-state index contributed by atoms with van der Waals surface area (Å²) < 4.78 is 12.3. The van der Waals surface area contributed by atoms with Gasteiger partial charge in [0, 0.05) is 5.56 Å². The summed E-state index contributed by atoms with van der Waals surface area (Å²) in [6.45, 7) is 5.92. The van der Waals surface area contributed by atoms with E-state index in [1.54, 1.807) is 13.0 Å². The maximum atomic E-state index is 11.7. The third-order valence-corrected chi connectivity index (χ3v) is 3.40. The minimum absolute atomic E-state index is 0.000822. The summed E-state index contributed by atoms with van der Waals surface area (Å²) in [5, 5.41) is 12.5. The molecule has 0 aliphatic rings. The molecule has 3 aromatic rings. The van der Waals surface area contributed by atoms with E-state index in [0.717, 1.165) is 16.8 Å². The molecular formula is C17H18N4O3. The third-order valence-electron chi connectivity index (χ3n) is 3.40. The van der Waals surface area contributed by atoms with E-state index in [0.29, 0.717) is 24.1 Å². The van der Waals surface area contributed by atoms with Crippen molar-refractivity contribution in [1.29, 1.82) is 0 Å². The molecule has 124 valence electrons. The summed E-state index contributed by atoms with van der Waals surface area (Å²) in [6.07, 6.45) is 0. The van der Waals surface area contributed by atoms with Crippen molar-refractivity contribution in [3.63, 3.8) is 0 Å². The molecule has 24 heavy (non-hydrogen) atoms. The Balaban J connectivity index is 1.91. The van der Waals surface area contributed by atoms with E-state index in [-0.39, 0.29) is 12.5 Å². The van der Waals surface area contributed by atoms with Gasteiger partial charge in [0.05, 0.1) is 12.3 Å². The highest BCUT2D eigenvalue weighted by Crippen LogP contribution is 2.25. The second-order valence-electron chi connectivity index (χ2n) is 5.42. The van der Waals surface area contributed by atoms with Gasteiger partial charge in [0.2, 0.25) is 5.89 Å². The quantitative estimate of drug-likeness (QED) is 0.670. The van der Waals surface area contributed by atoms with Gasteiger partial charge >= 0.3 is 5.97 Å². The minimum atomic E-state index is -0.361. The minimum Gasteiger partial charge on any atom is -0.465 e. The molecule has 0 N–H and O–H groups in total. The number of hydrogen-bond donors (Lipinski definition) is 0. The molecule has 1 aromatic carbocycles. The number of rotatable bonds is 5. The smallest absolute Gasteiger partial charge is 0.327 e. The van der Waals surface area contributed by atoms with Gasteiger partial charge in [-0.2, -0.15) is 5.10 Å². The van der Waals surface area contributed by atoms with Gasteiger partial charge in [0.15, 0.2) is 0 Å². The van der Waals surface area contributed by atoms with Crippen LogP contribution in [0.4, 0.5) is 0 Å². The molecule has 3 rings (SSSR count). The van der Waals surface area contributed by atoms with E-state index in [1.165, 1.54) is 4.68 Å². The zero-order valence-electron chi connectivity index (χ0n) is 13.8. The summed E-state index contributed by atoms with van der Waals surface area (Å²) in [5.74, 6) is 0.381. The standard InChI is InChI=1S/C17H18N4O3/c1-4-23-15(22)10-21-14(9-12(3)20-21)17-19-18-16(24-17)13-7-5-6-11(2)8-13/h5-9H,4,10H2,1-3H3. The number of nitrogens with zero attached hydrogens (tertiary/aromatic N) is 4. The lowest BCUT2D eigenvalue weighted by molar-refractivity contribution is -0.144. The molecule has 0 radical (unpaired) electrons. The van der Waals surface area contributed by atoms with Gasteiger partial charge in [-0.25, -0.2) is 4.68 Å². The normalized spacial score (nSPS) is 10.8.